The maximum absolute atomic E-state index is 13.0. The Morgan fingerprint density at radius 3 is 2.92 bits per heavy atom. The molecule has 1 unspecified atom stereocenters. The molecule has 0 aromatic carbocycles. The number of hydrogen-bond donors (Lipinski definition) is 0. The maximum Gasteiger partial charge on any atom is 0.255 e. The van der Waals surface area contributed by atoms with Gasteiger partial charge in [-0.25, -0.2) is 9.67 Å². The molecule has 0 saturated carbocycles. The van der Waals surface area contributed by atoms with Crippen LogP contribution in [0.1, 0.15) is 49.3 Å². The first-order valence-electron chi connectivity index (χ1n) is 8.73. The van der Waals surface area contributed by atoms with Crippen molar-refractivity contribution in [3.8, 4) is 0 Å². The standard InChI is InChI=1S/C18H26N4O2/c1-5-21(10-14-6-7-24-11-14)18(23)16-8-15-9-19-22(12(2)3)17(15)20-13(16)4/h8-9,12,14H,5-7,10-11H2,1-4H3. The summed E-state index contributed by atoms with van der Waals surface area (Å²) in [5, 5.41) is 5.31. The highest BCUT2D eigenvalue weighted by Crippen LogP contribution is 2.21. The van der Waals surface area contributed by atoms with E-state index in [0.717, 1.165) is 42.9 Å². The van der Waals surface area contributed by atoms with Crippen molar-refractivity contribution in [2.45, 2.75) is 40.2 Å². The Labute approximate surface area is 142 Å². The number of amides is 1. The zero-order valence-corrected chi connectivity index (χ0v) is 15.0. The first kappa shape index (κ1) is 16.9. The van der Waals surface area contributed by atoms with E-state index in [1.165, 1.54) is 0 Å². The molecule has 0 aliphatic carbocycles. The van der Waals surface area contributed by atoms with E-state index in [1.807, 2.05) is 29.5 Å². The van der Waals surface area contributed by atoms with Crippen molar-refractivity contribution >= 4 is 16.9 Å². The molecule has 1 amide bonds. The van der Waals surface area contributed by atoms with E-state index in [1.54, 1.807) is 6.20 Å². The van der Waals surface area contributed by atoms with Gasteiger partial charge in [-0.05, 0) is 40.2 Å². The van der Waals surface area contributed by atoms with Gasteiger partial charge in [0.1, 0.15) is 0 Å². The van der Waals surface area contributed by atoms with Crippen molar-refractivity contribution in [1.29, 1.82) is 0 Å². The van der Waals surface area contributed by atoms with Gasteiger partial charge in [-0.15, -0.1) is 0 Å². The number of nitrogens with zero attached hydrogens (tertiary/aromatic N) is 4. The summed E-state index contributed by atoms with van der Waals surface area (Å²) in [4.78, 5) is 19.5. The zero-order chi connectivity index (χ0) is 17.3. The van der Waals surface area contributed by atoms with Crippen LogP contribution in [-0.2, 0) is 4.74 Å². The highest BCUT2D eigenvalue weighted by atomic mass is 16.5. The number of aryl methyl sites for hydroxylation is 1. The van der Waals surface area contributed by atoms with Crippen molar-refractivity contribution in [2.75, 3.05) is 26.3 Å². The lowest BCUT2D eigenvalue weighted by Crippen LogP contribution is -2.36. The molecule has 1 aliphatic heterocycles. The average Bonchev–Trinajstić information content (AvgIpc) is 3.20. The monoisotopic (exact) mass is 330 g/mol. The van der Waals surface area contributed by atoms with Crippen LogP contribution in [0.25, 0.3) is 11.0 Å². The van der Waals surface area contributed by atoms with Gasteiger partial charge in [0.05, 0.1) is 24.1 Å². The molecule has 24 heavy (non-hydrogen) atoms. The molecule has 6 nitrogen and oxygen atoms in total. The van der Waals surface area contributed by atoms with Gasteiger partial charge in [0.25, 0.3) is 5.91 Å². The highest BCUT2D eigenvalue weighted by molar-refractivity contribution is 5.98. The summed E-state index contributed by atoms with van der Waals surface area (Å²) in [6.45, 7) is 11.1. The summed E-state index contributed by atoms with van der Waals surface area (Å²) in [5.41, 5.74) is 2.27. The molecule has 0 bridgehead atoms. The van der Waals surface area contributed by atoms with Crippen LogP contribution in [0.2, 0.25) is 0 Å². The molecule has 0 spiro atoms. The number of aromatic nitrogens is 3. The van der Waals surface area contributed by atoms with Gasteiger partial charge in [-0.3, -0.25) is 4.79 Å². The number of pyridine rings is 1. The molecule has 1 atom stereocenters. The molecule has 6 heteroatoms. The van der Waals surface area contributed by atoms with Crippen molar-refractivity contribution in [3.63, 3.8) is 0 Å². The van der Waals surface area contributed by atoms with Crippen LogP contribution in [0.5, 0.6) is 0 Å². The van der Waals surface area contributed by atoms with Gasteiger partial charge in [0.2, 0.25) is 0 Å². The Bertz CT molecular complexity index is 732. The van der Waals surface area contributed by atoms with Crippen LogP contribution in [-0.4, -0.2) is 51.9 Å². The van der Waals surface area contributed by atoms with Crippen LogP contribution >= 0.6 is 0 Å². The Hall–Kier alpha value is -1.95. The quantitative estimate of drug-likeness (QED) is 0.846. The molecule has 2 aromatic heterocycles. The molecule has 1 aliphatic rings. The third-order valence-corrected chi connectivity index (χ3v) is 4.65. The maximum atomic E-state index is 13.0. The fourth-order valence-corrected chi connectivity index (χ4v) is 3.23. The van der Waals surface area contributed by atoms with Crippen molar-refractivity contribution in [3.05, 3.63) is 23.5 Å². The molecule has 0 N–H and O–H groups in total. The smallest absolute Gasteiger partial charge is 0.255 e. The van der Waals surface area contributed by atoms with Crippen LogP contribution in [0.4, 0.5) is 0 Å². The van der Waals surface area contributed by atoms with Crippen molar-refractivity contribution in [1.82, 2.24) is 19.7 Å². The molecule has 3 rings (SSSR count). The van der Waals surface area contributed by atoms with E-state index in [-0.39, 0.29) is 11.9 Å². The minimum atomic E-state index is 0.0496. The second-order valence-electron chi connectivity index (χ2n) is 6.79. The number of fused-ring (bicyclic) bond motifs is 1. The number of carbonyl (C=O) groups excluding carboxylic acids is 1. The number of hydrogen-bond acceptors (Lipinski definition) is 4. The largest absolute Gasteiger partial charge is 0.381 e. The molecule has 130 valence electrons. The summed E-state index contributed by atoms with van der Waals surface area (Å²) in [5.74, 6) is 0.489. The molecule has 0 radical (unpaired) electrons. The predicted octanol–water partition coefficient (Wildman–Crippen LogP) is 2.82. The topological polar surface area (TPSA) is 60.2 Å². The molecular formula is C18H26N4O2. The normalized spacial score (nSPS) is 17.8. The SMILES string of the molecule is CCN(CC1CCOC1)C(=O)c1cc2cnn(C(C)C)c2nc1C. The molecule has 3 heterocycles. The van der Waals surface area contributed by atoms with Gasteiger partial charge >= 0.3 is 0 Å². The van der Waals surface area contributed by atoms with E-state index in [0.29, 0.717) is 18.0 Å². The number of rotatable bonds is 5. The summed E-state index contributed by atoms with van der Waals surface area (Å²) in [7, 11) is 0. The van der Waals surface area contributed by atoms with E-state index < -0.39 is 0 Å². The summed E-state index contributed by atoms with van der Waals surface area (Å²) < 4.78 is 7.33. The number of carbonyl (C=O) groups is 1. The Morgan fingerprint density at radius 2 is 2.29 bits per heavy atom. The Morgan fingerprint density at radius 1 is 1.50 bits per heavy atom. The van der Waals surface area contributed by atoms with E-state index in [9.17, 15) is 4.79 Å². The first-order valence-corrected chi connectivity index (χ1v) is 8.73. The predicted molar refractivity (Wildman–Crippen MR) is 93.2 cm³/mol. The molecule has 1 fully saturated rings. The average molecular weight is 330 g/mol. The van der Waals surface area contributed by atoms with Crippen molar-refractivity contribution in [2.24, 2.45) is 5.92 Å². The zero-order valence-electron chi connectivity index (χ0n) is 15.0. The molecule has 2 aromatic rings. The summed E-state index contributed by atoms with van der Waals surface area (Å²) in [6, 6.07) is 2.17. The van der Waals surface area contributed by atoms with Gasteiger partial charge in [0, 0.05) is 37.0 Å². The number of ether oxygens (including phenoxy) is 1. The van der Waals surface area contributed by atoms with E-state index in [2.05, 4.69) is 23.9 Å². The van der Waals surface area contributed by atoms with Gasteiger partial charge in [0.15, 0.2) is 5.65 Å². The second-order valence-corrected chi connectivity index (χ2v) is 6.79. The third kappa shape index (κ3) is 3.15. The minimum Gasteiger partial charge on any atom is -0.381 e. The van der Waals surface area contributed by atoms with Crippen LogP contribution in [0, 0.1) is 12.8 Å². The fourth-order valence-electron chi connectivity index (χ4n) is 3.23. The van der Waals surface area contributed by atoms with E-state index >= 15 is 0 Å². The fraction of sp³-hybridized carbons (Fsp3) is 0.611. The lowest BCUT2D eigenvalue weighted by molar-refractivity contribution is 0.0730. The molecular weight excluding hydrogens is 304 g/mol. The van der Waals surface area contributed by atoms with Gasteiger partial charge in [-0.2, -0.15) is 5.10 Å². The molecule has 1 saturated heterocycles. The Kier molecular flexibility index (Phi) is 4.85. The second kappa shape index (κ2) is 6.89. The van der Waals surface area contributed by atoms with Gasteiger partial charge in [-0.1, -0.05) is 0 Å². The Balaban J connectivity index is 1.89. The lowest BCUT2D eigenvalue weighted by Gasteiger charge is -2.24. The van der Waals surface area contributed by atoms with Gasteiger partial charge < -0.3 is 9.64 Å². The van der Waals surface area contributed by atoms with Crippen LogP contribution < -0.4 is 0 Å². The first-order chi connectivity index (χ1) is 11.5. The summed E-state index contributed by atoms with van der Waals surface area (Å²) in [6.07, 6.45) is 2.82. The lowest BCUT2D eigenvalue weighted by atomic mass is 10.1. The minimum absolute atomic E-state index is 0.0496. The van der Waals surface area contributed by atoms with E-state index in [4.69, 9.17) is 4.74 Å². The van der Waals surface area contributed by atoms with Crippen LogP contribution in [0.15, 0.2) is 12.3 Å². The van der Waals surface area contributed by atoms with Crippen LogP contribution in [0.3, 0.4) is 0 Å². The summed E-state index contributed by atoms with van der Waals surface area (Å²) >= 11 is 0. The van der Waals surface area contributed by atoms with Crippen molar-refractivity contribution < 1.29 is 9.53 Å². The third-order valence-electron chi connectivity index (χ3n) is 4.65. The highest BCUT2D eigenvalue weighted by Gasteiger charge is 2.24.